The maximum atomic E-state index is 12.6. The summed E-state index contributed by atoms with van der Waals surface area (Å²) in [6, 6.07) is 5.72. The van der Waals surface area contributed by atoms with Gasteiger partial charge in [-0.25, -0.2) is 9.97 Å². The van der Waals surface area contributed by atoms with Crippen LogP contribution in [0.3, 0.4) is 0 Å². The van der Waals surface area contributed by atoms with Gasteiger partial charge in [0.1, 0.15) is 15.7 Å². The average Bonchev–Trinajstić information content (AvgIpc) is 3.29. The summed E-state index contributed by atoms with van der Waals surface area (Å²) in [6.07, 6.45) is 3.50. The monoisotopic (exact) mass is 401 g/mol. The molecule has 0 aliphatic carbocycles. The van der Waals surface area contributed by atoms with Crippen molar-refractivity contribution in [3.63, 3.8) is 0 Å². The summed E-state index contributed by atoms with van der Waals surface area (Å²) in [6.45, 7) is 1.95. The summed E-state index contributed by atoms with van der Waals surface area (Å²) in [5, 5.41) is 4.70. The molecule has 0 unspecified atom stereocenters. The summed E-state index contributed by atoms with van der Waals surface area (Å²) in [5.74, 6) is 0.440. The van der Waals surface area contributed by atoms with Crippen molar-refractivity contribution in [2.75, 3.05) is 24.3 Å². The predicted octanol–water partition coefficient (Wildman–Crippen LogP) is 4.50. The highest BCUT2D eigenvalue weighted by Crippen LogP contribution is 2.35. The van der Waals surface area contributed by atoms with E-state index >= 15 is 0 Å². The number of aryl methyl sites for hydroxylation is 1. The van der Waals surface area contributed by atoms with E-state index in [0.29, 0.717) is 10.7 Å². The third-order valence-corrected chi connectivity index (χ3v) is 6.97. The summed E-state index contributed by atoms with van der Waals surface area (Å²) >= 11 is 4.52. The van der Waals surface area contributed by atoms with Crippen LogP contribution in [0.25, 0.3) is 20.1 Å². The highest BCUT2D eigenvalue weighted by molar-refractivity contribution is 7.29. The van der Waals surface area contributed by atoms with Gasteiger partial charge in [-0.2, -0.15) is 0 Å². The average molecular weight is 402 g/mol. The number of pyridine rings is 1. The Bertz CT molecular complexity index is 1050. The molecule has 0 fully saturated rings. The van der Waals surface area contributed by atoms with Gasteiger partial charge >= 0.3 is 0 Å². The van der Waals surface area contributed by atoms with Crippen LogP contribution in [0.15, 0.2) is 30.6 Å². The van der Waals surface area contributed by atoms with Crippen molar-refractivity contribution in [2.24, 2.45) is 0 Å². The van der Waals surface area contributed by atoms with Gasteiger partial charge in [0.25, 0.3) is 5.91 Å². The minimum atomic E-state index is -0.155. The zero-order valence-electron chi connectivity index (χ0n) is 14.3. The lowest BCUT2D eigenvalue weighted by molar-refractivity contribution is 0.103. The second-order valence-corrected chi connectivity index (χ2v) is 9.03. The van der Waals surface area contributed by atoms with Gasteiger partial charge < -0.3 is 10.2 Å². The number of carbonyl (C=O) groups is 1. The fourth-order valence-electron chi connectivity index (χ4n) is 2.32. The molecule has 0 aromatic carbocycles. The van der Waals surface area contributed by atoms with E-state index in [-0.39, 0.29) is 5.91 Å². The highest BCUT2D eigenvalue weighted by atomic mass is 32.1. The van der Waals surface area contributed by atoms with Crippen molar-refractivity contribution < 1.29 is 4.79 Å². The molecule has 0 radical (unpaired) electrons. The highest BCUT2D eigenvalue weighted by Gasteiger charge is 2.17. The molecule has 4 aromatic rings. The van der Waals surface area contributed by atoms with Crippen LogP contribution in [0.1, 0.15) is 14.5 Å². The number of hydrogen-bond acceptors (Lipinski definition) is 8. The third kappa shape index (κ3) is 3.20. The number of aromatic nitrogens is 3. The quantitative estimate of drug-likeness (QED) is 0.545. The molecule has 6 nitrogen and oxygen atoms in total. The van der Waals surface area contributed by atoms with Gasteiger partial charge in [-0.15, -0.1) is 22.7 Å². The van der Waals surface area contributed by atoms with E-state index < -0.39 is 0 Å². The first-order chi connectivity index (χ1) is 12.5. The van der Waals surface area contributed by atoms with Crippen LogP contribution in [0.4, 0.5) is 10.9 Å². The molecule has 0 saturated carbocycles. The number of thiophene rings is 1. The first-order valence-corrected chi connectivity index (χ1v) is 10.2. The molecule has 1 amide bonds. The molecule has 26 heavy (non-hydrogen) atoms. The van der Waals surface area contributed by atoms with Gasteiger partial charge in [0.15, 0.2) is 5.13 Å². The standard InChI is InChI=1S/C17H15N5OS3/c1-9-13(20-15(24-9)10-5-4-6-18-8-10)19-14(23)11-7-12-16(25-11)21-17(26-12)22(2)3/h4-8H,1-3H3,(H,19,23). The first-order valence-electron chi connectivity index (χ1n) is 7.78. The normalized spacial score (nSPS) is 11.0. The van der Waals surface area contributed by atoms with Crippen LogP contribution in [0, 0.1) is 6.92 Å². The molecule has 9 heteroatoms. The third-order valence-electron chi connectivity index (χ3n) is 3.62. The van der Waals surface area contributed by atoms with E-state index in [1.165, 1.54) is 22.7 Å². The Labute approximate surface area is 162 Å². The number of thiazole rings is 2. The van der Waals surface area contributed by atoms with Gasteiger partial charge in [-0.1, -0.05) is 11.3 Å². The van der Waals surface area contributed by atoms with E-state index in [2.05, 4.69) is 20.3 Å². The lowest BCUT2D eigenvalue weighted by atomic mass is 10.3. The van der Waals surface area contributed by atoms with E-state index in [1.54, 1.807) is 23.7 Å². The number of rotatable bonds is 4. The smallest absolute Gasteiger partial charge is 0.267 e. The molecule has 132 valence electrons. The fraction of sp³-hybridized carbons (Fsp3) is 0.176. The molecule has 0 bridgehead atoms. The van der Waals surface area contributed by atoms with Gasteiger partial charge in [-0.05, 0) is 25.1 Å². The molecule has 0 saturated heterocycles. The molecule has 0 spiro atoms. The van der Waals surface area contributed by atoms with E-state index in [9.17, 15) is 4.79 Å². The number of fused-ring (bicyclic) bond motifs is 1. The number of hydrogen-bond donors (Lipinski definition) is 1. The van der Waals surface area contributed by atoms with Crippen LogP contribution in [-0.4, -0.2) is 35.0 Å². The minimum Gasteiger partial charge on any atom is -0.354 e. The lowest BCUT2D eigenvalue weighted by Crippen LogP contribution is -2.11. The Hall–Kier alpha value is -2.36. The first kappa shape index (κ1) is 17.1. The van der Waals surface area contributed by atoms with Crippen molar-refractivity contribution in [1.82, 2.24) is 15.0 Å². The summed E-state index contributed by atoms with van der Waals surface area (Å²) < 4.78 is 1.02. The van der Waals surface area contributed by atoms with Gasteiger partial charge in [-0.3, -0.25) is 9.78 Å². The van der Waals surface area contributed by atoms with Crippen LogP contribution in [0.2, 0.25) is 0 Å². The number of carbonyl (C=O) groups excluding carboxylic acids is 1. The topological polar surface area (TPSA) is 71.0 Å². The van der Waals surface area contributed by atoms with E-state index in [4.69, 9.17) is 0 Å². The van der Waals surface area contributed by atoms with Crippen molar-refractivity contribution in [2.45, 2.75) is 6.92 Å². The zero-order valence-corrected chi connectivity index (χ0v) is 16.8. The Morgan fingerprint density at radius 2 is 2.04 bits per heavy atom. The molecular formula is C17H15N5OS3. The number of anilines is 2. The zero-order chi connectivity index (χ0) is 18.3. The maximum absolute atomic E-state index is 12.6. The largest absolute Gasteiger partial charge is 0.354 e. The SMILES string of the molecule is Cc1sc(-c2cccnc2)nc1NC(=O)c1cc2sc(N(C)C)nc2s1. The predicted molar refractivity (Wildman–Crippen MR) is 110 cm³/mol. The van der Waals surface area contributed by atoms with Crippen molar-refractivity contribution >= 4 is 60.4 Å². The Morgan fingerprint density at radius 1 is 1.19 bits per heavy atom. The molecule has 0 aliphatic rings. The van der Waals surface area contributed by atoms with Crippen LogP contribution in [0.5, 0.6) is 0 Å². The van der Waals surface area contributed by atoms with Crippen LogP contribution < -0.4 is 10.2 Å². The van der Waals surface area contributed by atoms with E-state index in [0.717, 1.165) is 30.1 Å². The van der Waals surface area contributed by atoms with Crippen LogP contribution in [-0.2, 0) is 0 Å². The summed E-state index contributed by atoms with van der Waals surface area (Å²) in [4.78, 5) is 30.3. The molecular weight excluding hydrogens is 386 g/mol. The minimum absolute atomic E-state index is 0.155. The summed E-state index contributed by atoms with van der Waals surface area (Å²) in [5.41, 5.74) is 0.943. The number of nitrogens with zero attached hydrogens (tertiary/aromatic N) is 4. The molecule has 4 heterocycles. The fourth-order valence-corrected chi connectivity index (χ4v) is 5.21. The molecule has 4 aromatic heterocycles. The Balaban J connectivity index is 1.56. The molecule has 0 atom stereocenters. The van der Waals surface area contributed by atoms with E-state index in [1.807, 2.05) is 44.1 Å². The van der Waals surface area contributed by atoms with Gasteiger partial charge in [0.05, 0.1) is 9.58 Å². The second kappa shape index (κ2) is 6.75. The van der Waals surface area contributed by atoms with Gasteiger partial charge in [0, 0.05) is 36.9 Å². The Morgan fingerprint density at radius 3 is 2.73 bits per heavy atom. The van der Waals surface area contributed by atoms with Crippen molar-refractivity contribution in [3.8, 4) is 10.6 Å². The number of amides is 1. The molecule has 0 aliphatic heterocycles. The van der Waals surface area contributed by atoms with Crippen molar-refractivity contribution in [1.29, 1.82) is 0 Å². The number of nitrogens with one attached hydrogen (secondary N) is 1. The Kier molecular flexibility index (Phi) is 4.43. The lowest BCUT2D eigenvalue weighted by Gasteiger charge is -2.05. The van der Waals surface area contributed by atoms with Crippen molar-refractivity contribution in [3.05, 3.63) is 40.3 Å². The summed E-state index contributed by atoms with van der Waals surface area (Å²) in [7, 11) is 3.92. The molecule has 4 rings (SSSR count). The molecule has 1 N–H and O–H groups in total. The second-order valence-electron chi connectivity index (χ2n) is 5.79. The van der Waals surface area contributed by atoms with Crippen LogP contribution >= 0.6 is 34.0 Å². The van der Waals surface area contributed by atoms with Gasteiger partial charge in [0.2, 0.25) is 0 Å². The maximum Gasteiger partial charge on any atom is 0.267 e.